The van der Waals surface area contributed by atoms with E-state index in [1.807, 2.05) is 41.5 Å². The van der Waals surface area contributed by atoms with Gasteiger partial charge in [-0.15, -0.1) is 10.2 Å². The van der Waals surface area contributed by atoms with Gasteiger partial charge in [-0.1, -0.05) is 19.1 Å². The normalized spacial score (nSPS) is 20.2. The van der Waals surface area contributed by atoms with E-state index in [2.05, 4.69) is 17.1 Å². The molecule has 7 heteroatoms. The number of nitrogens with zero attached hydrogens (tertiary/aromatic N) is 5. The van der Waals surface area contributed by atoms with Crippen LogP contribution < -0.4 is 0 Å². The summed E-state index contributed by atoms with van der Waals surface area (Å²) in [6.07, 6.45) is 0.930. The van der Waals surface area contributed by atoms with Crippen molar-refractivity contribution in [2.24, 2.45) is 13.0 Å². The number of likely N-dealkylation sites (N-methyl/N-ethyl adjacent to an activating group) is 1. The van der Waals surface area contributed by atoms with Crippen LogP contribution in [-0.4, -0.2) is 50.6 Å². The van der Waals surface area contributed by atoms with Gasteiger partial charge in [0, 0.05) is 13.6 Å². The van der Waals surface area contributed by atoms with Crippen molar-refractivity contribution in [1.29, 1.82) is 0 Å². The van der Waals surface area contributed by atoms with Crippen molar-refractivity contribution in [3.8, 4) is 0 Å². The highest BCUT2D eigenvalue weighted by Crippen LogP contribution is 2.37. The number of hydrogen-bond donors (Lipinski definition) is 0. The summed E-state index contributed by atoms with van der Waals surface area (Å²) in [5.74, 6) is 1.79. The molecule has 26 heavy (non-hydrogen) atoms. The van der Waals surface area contributed by atoms with Crippen LogP contribution in [0.15, 0.2) is 24.3 Å². The third-order valence-electron chi connectivity index (χ3n) is 5.21. The minimum absolute atomic E-state index is 0.0602. The fourth-order valence-corrected chi connectivity index (χ4v) is 3.63. The van der Waals surface area contributed by atoms with E-state index in [1.165, 1.54) is 6.07 Å². The predicted octanol–water partition coefficient (Wildman–Crippen LogP) is 2.30. The minimum atomic E-state index is -0.260. The highest BCUT2D eigenvalue weighted by Gasteiger charge is 2.35. The van der Waals surface area contributed by atoms with Gasteiger partial charge in [-0.25, -0.2) is 4.39 Å². The molecule has 1 aromatic carbocycles. The second kappa shape index (κ2) is 7.53. The van der Waals surface area contributed by atoms with Crippen LogP contribution in [0.1, 0.15) is 36.6 Å². The first-order chi connectivity index (χ1) is 12.4. The van der Waals surface area contributed by atoms with E-state index in [0.29, 0.717) is 25.6 Å². The van der Waals surface area contributed by atoms with E-state index in [4.69, 9.17) is 0 Å². The van der Waals surface area contributed by atoms with Gasteiger partial charge in [-0.2, -0.15) is 0 Å². The van der Waals surface area contributed by atoms with Gasteiger partial charge in [0.25, 0.3) is 0 Å². The topological polar surface area (TPSA) is 54.3 Å². The summed E-state index contributed by atoms with van der Waals surface area (Å²) in [7, 11) is 3.82. The Morgan fingerprint density at radius 3 is 2.81 bits per heavy atom. The zero-order valence-electron chi connectivity index (χ0n) is 15.8. The smallest absolute Gasteiger partial charge is 0.237 e. The lowest BCUT2D eigenvalue weighted by molar-refractivity contribution is -0.133. The van der Waals surface area contributed by atoms with Crippen molar-refractivity contribution >= 4 is 5.91 Å². The molecular weight excluding hydrogens is 333 g/mol. The van der Waals surface area contributed by atoms with Gasteiger partial charge in [0.1, 0.15) is 17.5 Å². The van der Waals surface area contributed by atoms with Crippen molar-refractivity contribution in [2.45, 2.75) is 32.9 Å². The number of aryl methyl sites for hydroxylation is 1. The summed E-state index contributed by atoms with van der Waals surface area (Å²) in [6.45, 7) is 5.57. The van der Waals surface area contributed by atoms with E-state index in [0.717, 1.165) is 23.6 Å². The standard InChI is InChI=1S/C19H26FN5O/c1-13-8-9-25(19(13)15-6-5-7-16(20)10-15)18(26)12-23(3)11-17-22-21-14(2)24(17)4/h5-7,10,13,19H,8-9,11-12H2,1-4H3. The first kappa shape index (κ1) is 18.5. The van der Waals surface area contributed by atoms with Crippen LogP contribution in [0, 0.1) is 18.7 Å². The quantitative estimate of drug-likeness (QED) is 0.822. The lowest BCUT2D eigenvalue weighted by atomic mass is 9.95. The Kier molecular flexibility index (Phi) is 5.36. The molecule has 0 aliphatic carbocycles. The number of benzene rings is 1. The number of rotatable bonds is 5. The Morgan fingerprint density at radius 1 is 1.38 bits per heavy atom. The molecule has 2 aromatic rings. The molecule has 1 aliphatic heterocycles. The van der Waals surface area contributed by atoms with Crippen LogP contribution in [0.2, 0.25) is 0 Å². The van der Waals surface area contributed by atoms with Crippen molar-refractivity contribution in [1.82, 2.24) is 24.6 Å². The fraction of sp³-hybridized carbons (Fsp3) is 0.526. The molecule has 0 N–H and O–H groups in total. The highest BCUT2D eigenvalue weighted by molar-refractivity contribution is 5.79. The van der Waals surface area contributed by atoms with E-state index in [-0.39, 0.29) is 17.8 Å². The minimum Gasteiger partial charge on any atom is -0.334 e. The maximum Gasteiger partial charge on any atom is 0.237 e. The maximum atomic E-state index is 13.6. The molecule has 1 aromatic heterocycles. The molecule has 0 radical (unpaired) electrons. The number of carbonyl (C=O) groups is 1. The molecule has 1 fully saturated rings. The molecule has 1 aliphatic rings. The molecule has 2 atom stereocenters. The molecule has 3 rings (SSSR count). The maximum absolute atomic E-state index is 13.6. The first-order valence-electron chi connectivity index (χ1n) is 8.95. The van der Waals surface area contributed by atoms with Crippen LogP contribution in [0.3, 0.4) is 0 Å². The van der Waals surface area contributed by atoms with Gasteiger partial charge in [-0.05, 0) is 44.0 Å². The largest absolute Gasteiger partial charge is 0.334 e. The van der Waals surface area contributed by atoms with Crippen molar-refractivity contribution in [2.75, 3.05) is 20.1 Å². The zero-order valence-corrected chi connectivity index (χ0v) is 15.8. The molecule has 0 spiro atoms. The van der Waals surface area contributed by atoms with Crippen molar-refractivity contribution < 1.29 is 9.18 Å². The summed E-state index contributed by atoms with van der Waals surface area (Å²) in [6, 6.07) is 6.52. The van der Waals surface area contributed by atoms with Crippen molar-refractivity contribution in [3.05, 3.63) is 47.3 Å². The van der Waals surface area contributed by atoms with Gasteiger partial charge in [-0.3, -0.25) is 9.69 Å². The average Bonchev–Trinajstić information content (AvgIpc) is 3.12. The number of aromatic nitrogens is 3. The first-order valence-corrected chi connectivity index (χ1v) is 8.95. The molecule has 2 heterocycles. The van der Waals surface area contributed by atoms with E-state index in [1.54, 1.807) is 12.1 Å². The Labute approximate surface area is 153 Å². The van der Waals surface area contributed by atoms with E-state index < -0.39 is 0 Å². The number of carbonyl (C=O) groups excluding carboxylic acids is 1. The van der Waals surface area contributed by atoms with E-state index >= 15 is 0 Å². The Bertz CT molecular complexity index is 790. The van der Waals surface area contributed by atoms with Crippen LogP contribution >= 0.6 is 0 Å². The zero-order chi connectivity index (χ0) is 18.8. The number of likely N-dealkylation sites (tertiary alicyclic amines) is 1. The second-order valence-corrected chi connectivity index (χ2v) is 7.25. The fourth-order valence-electron chi connectivity index (χ4n) is 3.63. The van der Waals surface area contributed by atoms with Gasteiger partial charge in [0.05, 0.1) is 19.1 Å². The van der Waals surface area contributed by atoms with Gasteiger partial charge in [0.2, 0.25) is 5.91 Å². The molecule has 6 nitrogen and oxygen atoms in total. The van der Waals surface area contributed by atoms with E-state index in [9.17, 15) is 9.18 Å². The summed E-state index contributed by atoms with van der Waals surface area (Å²) in [5, 5.41) is 8.20. The lowest BCUT2D eigenvalue weighted by Crippen LogP contribution is -2.39. The van der Waals surface area contributed by atoms with Gasteiger partial charge < -0.3 is 9.47 Å². The van der Waals surface area contributed by atoms with Gasteiger partial charge in [0.15, 0.2) is 0 Å². The number of hydrogen-bond acceptors (Lipinski definition) is 4. The Balaban J connectivity index is 1.69. The van der Waals surface area contributed by atoms with Gasteiger partial charge >= 0.3 is 0 Å². The third kappa shape index (κ3) is 3.77. The molecule has 0 saturated carbocycles. The average molecular weight is 359 g/mol. The molecule has 2 unspecified atom stereocenters. The van der Waals surface area contributed by atoms with Crippen LogP contribution in [-0.2, 0) is 18.4 Å². The Hall–Kier alpha value is -2.28. The molecular formula is C19H26FN5O. The molecule has 1 amide bonds. The molecule has 0 bridgehead atoms. The lowest BCUT2D eigenvalue weighted by Gasteiger charge is -2.29. The molecule has 140 valence electrons. The SMILES string of the molecule is Cc1nnc(CN(C)CC(=O)N2CCC(C)C2c2cccc(F)c2)n1C. The van der Waals surface area contributed by atoms with Crippen LogP contribution in [0.25, 0.3) is 0 Å². The Morgan fingerprint density at radius 2 is 2.15 bits per heavy atom. The second-order valence-electron chi connectivity index (χ2n) is 7.25. The summed E-state index contributed by atoms with van der Waals surface area (Å²) >= 11 is 0. The predicted molar refractivity (Wildman–Crippen MR) is 96.7 cm³/mol. The van der Waals surface area contributed by atoms with Crippen LogP contribution in [0.4, 0.5) is 4.39 Å². The van der Waals surface area contributed by atoms with Crippen molar-refractivity contribution in [3.63, 3.8) is 0 Å². The molecule has 1 saturated heterocycles. The summed E-state index contributed by atoms with van der Waals surface area (Å²) in [5.41, 5.74) is 0.870. The highest BCUT2D eigenvalue weighted by atomic mass is 19.1. The summed E-state index contributed by atoms with van der Waals surface area (Å²) in [4.78, 5) is 16.7. The number of halogens is 1. The number of amides is 1. The monoisotopic (exact) mass is 359 g/mol. The van der Waals surface area contributed by atoms with Crippen LogP contribution in [0.5, 0.6) is 0 Å². The summed E-state index contributed by atoms with van der Waals surface area (Å²) < 4.78 is 15.6. The third-order valence-corrected chi connectivity index (χ3v) is 5.21.